The van der Waals surface area contributed by atoms with Crippen LogP contribution in [0.15, 0.2) is 30.7 Å². The zero-order valence-electron chi connectivity index (χ0n) is 13.3. The van der Waals surface area contributed by atoms with Crippen LogP contribution < -0.4 is 5.32 Å². The zero-order valence-corrected chi connectivity index (χ0v) is 13.3. The topological polar surface area (TPSA) is 56.2 Å². The summed E-state index contributed by atoms with van der Waals surface area (Å²) in [5.74, 6) is -1.64. The van der Waals surface area contributed by atoms with Crippen molar-refractivity contribution in [2.45, 2.75) is 31.4 Å². The van der Waals surface area contributed by atoms with Crippen molar-refractivity contribution in [3.05, 3.63) is 53.6 Å². The van der Waals surface area contributed by atoms with Gasteiger partial charge in [0.2, 0.25) is 5.91 Å². The first-order valence-electron chi connectivity index (χ1n) is 7.84. The predicted molar refractivity (Wildman–Crippen MR) is 83.1 cm³/mol. The number of carbonyl (C=O) groups excluding carboxylic acids is 1. The number of rotatable bonds is 4. The summed E-state index contributed by atoms with van der Waals surface area (Å²) < 4.78 is 34.2. The molecule has 1 aliphatic rings. The van der Waals surface area contributed by atoms with E-state index in [4.69, 9.17) is 4.74 Å². The number of aromatic nitrogens is 2. The van der Waals surface area contributed by atoms with Crippen molar-refractivity contribution in [3.63, 3.8) is 0 Å². The van der Waals surface area contributed by atoms with Crippen molar-refractivity contribution in [1.29, 1.82) is 0 Å². The van der Waals surface area contributed by atoms with Crippen LogP contribution in [0.25, 0.3) is 0 Å². The zero-order chi connectivity index (χ0) is 17.1. The monoisotopic (exact) mass is 335 g/mol. The molecule has 0 spiro atoms. The molecule has 3 rings (SSSR count). The van der Waals surface area contributed by atoms with E-state index in [1.165, 1.54) is 6.07 Å². The van der Waals surface area contributed by atoms with Crippen LogP contribution in [0.5, 0.6) is 0 Å². The van der Waals surface area contributed by atoms with Crippen LogP contribution in [0.3, 0.4) is 0 Å². The Labute approximate surface area is 138 Å². The number of ether oxygens (including phenoxy) is 1. The molecule has 1 N–H and O–H groups in total. The van der Waals surface area contributed by atoms with Gasteiger partial charge in [-0.2, -0.15) is 0 Å². The molecule has 24 heavy (non-hydrogen) atoms. The Bertz CT molecular complexity index is 732. The fraction of sp³-hybridized carbons (Fsp3) is 0.412. The minimum Gasteiger partial charge on any atom is -0.372 e. The Balaban J connectivity index is 1.59. The lowest BCUT2D eigenvalue weighted by Crippen LogP contribution is -2.40. The quantitative estimate of drug-likeness (QED) is 0.933. The van der Waals surface area contributed by atoms with Gasteiger partial charge in [0.1, 0.15) is 17.7 Å². The van der Waals surface area contributed by atoms with Crippen molar-refractivity contribution in [2.75, 3.05) is 6.61 Å². The molecule has 0 saturated carbocycles. The maximum absolute atomic E-state index is 13.6. The number of nitrogens with zero attached hydrogens (tertiary/aromatic N) is 2. The van der Waals surface area contributed by atoms with Crippen molar-refractivity contribution in [1.82, 2.24) is 14.9 Å². The third-order valence-electron chi connectivity index (χ3n) is 4.20. The SMILES string of the molecule is Cn1cncc1C1CC(NC(=O)Cc2ccc(F)cc2F)CCO1. The van der Waals surface area contributed by atoms with Crippen molar-refractivity contribution < 1.29 is 18.3 Å². The third kappa shape index (κ3) is 3.79. The second-order valence-electron chi connectivity index (χ2n) is 5.99. The Morgan fingerprint density at radius 2 is 2.29 bits per heavy atom. The van der Waals surface area contributed by atoms with Crippen molar-refractivity contribution in [3.8, 4) is 0 Å². The van der Waals surface area contributed by atoms with Gasteiger partial charge in [0.05, 0.1) is 24.6 Å². The van der Waals surface area contributed by atoms with Crippen LogP contribution in [0.1, 0.15) is 30.2 Å². The van der Waals surface area contributed by atoms with Crippen LogP contribution in [-0.2, 0) is 23.0 Å². The number of nitrogens with one attached hydrogen (secondary N) is 1. The lowest BCUT2D eigenvalue weighted by molar-refractivity contribution is -0.122. The van der Waals surface area contributed by atoms with Crippen LogP contribution in [0.4, 0.5) is 8.78 Å². The molecule has 1 fully saturated rings. The highest BCUT2D eigenvalue weighted by atomic mass is 19.1. The summed E-state index contributed by atoms with van der Waals surface area (Å²) in [6, 6.07) is 3.19. The molecule has 1 aliphatic heterocycles. The van der Waals surface area contributed by atoms with E-state index in [1.54, 1.807) is 12.5 Å². The van der Waals surface area contributed by atoms with Gasteiger partial charge in [0, 0.05) is 25.8 Å². The van der Waals surface area contributed by atoms with Gasteiger partial charge in [-0.3, -0.25) is 4.79 Å². The highest BCUT2D eigenvalue weighted by molar-refractivity contribution is 5.78. The molecule has 2 atom stereocenters. The van der Waals surface area contributed by atoms with Gasteiger partial charge in [-0.15, -0.1) is 0 Å². The number of carbonyl (C=O) groups is 1. The Morgan fingerprint density at radius 1 is 1.46 bits per heavy atom. The summed E-state index contributed by atoms with van der Waals surface area (Å²) in [6.07, 6.45) is 4.56. The molecule has 2 heterocycles. The Kier molecular flexibility index (Phi) is 4.89. The number of halogens is 2. The van der Waals surface area contributed by atoms with E-state index in [0.29, 0.717) is 19.4 Å². The molecule has 128 valence electrons. The molecule has 5 nitrogen and oxygen atoms in total. The summed E-state index contributed by atoms with van der Waals surface area (Å²) in [5.41, 5.74) is 1.14. The number of hydrogen-bond acceptors (Lipinski definition) is 3. The van der Waals surface area contributed by atoms with Gasteiger partial charge < -0.3 is 14.6 Å². The number of imidazole rings is 1. The second-order valence-corrected chi connectivity index (χ2v) is 5.99. The van der Waals surface area contributed by atoms with Gasteiger partial charge in [-0.1, -0.05) is 6.07 Å². The van der Waals surface area contributed by atoms with Crippen LogP contribution >= 0.6 is 0 Å². The molecule has 1 aromatic heterocycles. The molecule has 0 radical (unpaired) electrons. The molecular formula is C17H19F2N3O2. The molecule has 2 aromatic rings. The number of aryl methyl sites for hydroxylation is 1. The molecule has 0 aliphatic carbocycles. The average molecular weight is 335 g/mol. The number of benzene rings is 1. The van der Waals surface area contributed by atoms with Gasteiger partial charge in [-0.25, -0.2) is 13.8 Å². The summed E-state index contributed by atoms with van der Waals surface area (Å²) in [4.78, 5) is 16.2. The van der Waals surface area contributed by atoms with E-state index in [2.05, 4.69) is 10.3 Å². The number of amides is 1. The molecule has 1 amide bonds. The standard InChI is InChI=1S/C17H19F2N3O2/c1-22-10-20-9-15(22)16-8-13(4-5-24-16)21-17(23)6-11-2-3-12(18)7-14(11)19/h2-3,7,9-10,13,16H,4-6,8H2,1H3,(H,21,23). The minimum absolute atomic E-state index is 0.0466. The molecule has 7 heteroatoms. The lowest BCUT2D eigenvalue weighted by atomic mass is 10.0. The van der Waals surface area contributed by atoms with E-state index in [1.807, 2.05) is 11.6 Å². The highest BCUT2D eigenvalue weighted by Gasteiger charge is 2.27. The molecule has 0 bridgehead atoms. The van der Waals surface area contributed by atoms with Crippen LogP contribution in [0.2, 0.25) is 0 Å². The van der Waals surface area contributed by atoms with Gasteiger partial charge in [-0.05, 0) is 24.5 Å². The molecule has 2 unspecified atom stereocenters. The minimum atomic E-state index is -0.704. The van der Waals surface area contributed by atoms with Gasteiger partial charge >= 0.3 is 0 Å². The smallest absolute Gasteiger partial charge is 0.224 e. The average Bonchev–Trinajstić information content (AvgIpc) is 2.96. The molecular weight excluding hydrogens is 316 g/mol. The van der Waals surface area contributed by atoms with Crippen molar-refractivity contribution >= 4 is 5.91 Å². The maximum atomic E-state index is 13.6. The fourth-order valence-electron chi connectivity index (χ4n) is 2.93. The van der Waals surface area contributed by atoms with Crippen molar-refractivity contribution in [2.24, 2.45) is 7.05 Å². The van der Waals surface area contributed by atoms with Crippen LogP contribution in [-0.4, -0.2) is 28.1 Å². The fourth-order valence-corrected chi connectivity index (χ4v) is 2.93. The van der Waals surface area contributed by atoms with E-state index < -0.39 is 11.6 Å². The molecule has 1 saturated heterocycles. The highest BCUT2D eigenvalue weighted by Crippen LogP contribution is 2.27. The first kappa shape index (κ1) is 16.6. The van der Waals surface area contributed by atoms with Gasteiger partial charge in [0.25, 0.3) is 0 Å². The number of hydrogen-bond donors (Lipinski definition) is 1. The largest absolute Gasteiger partial charge is 0.372 e. The maximum Gasteiger partial charge on any atom is 0.224 e. The first-order valence-corrected chi connectivity index (χ1v) is 7.84. The normalized spacial score (nSPS) is 20.8. The van der Waals surface area contributed by atoms with E-state index in [0.717, 1.165) is 17.8 Å². The van der Waals surface area contributed by atoms with E-state index in [9.17, 15) is 13.6 Å². The summed E-state index contributed by atoms with van der Waals surface area (Å²) >= 11 is 0. The van der Waals surface area contributed by atoms with Gasteiger partial charge in [0.15, 0.2) is 0 Å². The summed E-state index contributed by atoms with van der Waals surface area (Å²) in [6.45, 7) is 0.533. The van der Waals surface area contributed by atoms with Crippen LogP contribution in [0, 0.1) is 11.6 Å². The predicted octanol–water partition coefficient (Wildman–Crippen LogP) is 2.28. The third-order valence-corrected chi connectivity index (χ3v) is 4.20. The Hall–Kier alpha value is -2.28. The Morgan fingerprint density at radius 3 is 3.00 bits per heavy atom. The van der Waals surface area contributed by atoms with E-state index >= 15 is 0 Å². The molecule has 1 aromatic carbocycles. The summed E-state index contributed by atoms with van der Waals surface area (Å²) in [7, 11) is 1.89. The summed E-state index contributed by atoms with van der Waals surface area (Å²) in [5, 5.41) is 2.91. The second kappa shape index (κ2) is 7.09. The lowest BCUT2D eigenvalue weighted by Gasteiger charge is -2.30. The first-order chi connectivity index (χ1) is 11.5. The van der Waals surface area contributed by atoms with E-state index in [-0.39, 0.29) is 30.0 Å².